The Labute approximate surface area is 138 Å². The van der Waals surface area contributed by atoms with Crippen molar-refractivity contribution in [3.8, 4) is 0 Å². The van der Waals surface area contributed by atoms with E-state index >= 15 is 0 Å². The molecule has 1 atom stereocenters. The zero-order chi connectivity index (χ0) is 16.8. The third-order valence-corrected chi connectivity index (χ3v) is 11.4. The number of carbonyl (C=O) groups is 1. The lowest BCUT2D eigenvalue weighted by Gasteiger charge is -2.35. The molecule has 0 aliphatic heterocycles. The van der Waals surface area contributed by atoms with Crippen molar-refractivity contribution in [1.82, 2.24) is 0 Å². The van der Waals surface area contributed by atoms with Crippen molar-refractivity contribution in [3.05, 3.63) is 0 Å². The Morgan fingerprint density at radius 1 is 0.864 bits per heavy atom. The molecule has 0 spiro atoms. The van der Waals surface area contributed by atoms with Crippen molar-refractivity contribution < 1.29 is 14.6 Å². The minimum absolute atomic E-state index is 0.00917. The van der Waals surface area contributed by atoms with Gasteiger partial charge in [-0.2, -0.15) is 0 Å². The Bertz CT molecular complexity index is 269. The minimum atomic E-state index is -1.60. The first-order valence-electron chi connectivity index (χ1n) is 9.45. The fourth-order valence-corrected chi connectivity index (χ4v) is 7.54. The van der Waals surface area contributed by atoms with Crippen LogP contribution in [0, 0.1) is 0 Å². The van der Waals surface area contributed by atoms with Crippen LogP contribution in [0.4, 0.5) is 4.79 Å². The highest BCUT2D eigenvalue weighted by molar-refractivity contribution is 6.81. The van der Waals surface area contributed by atoms with Gasteiger partial charge >= 0.3 is 6.16 Å². The SMILES string of the molecule is CCCCCCCCCCC(OC(=O)O)[Si](CC)(CC)CC. The van der Waals surface area contributed by atoms with Crippen LogP contribution in [0.1, 0.15) is 85.5 Å². The highest BCUT2D eigenvalue weighted by Crippen LogP contribution is 2.30. The summed E-state index contributed by atoms with van der Waals surface area (Å²) < 4.78 is 5.33. The second-order valence-electron chi connectivity index (χ2n) is 6.56. The van der Waals surface area contributed by atoms with E-state index in [2.05, 4.69) is 27.7 Å². The number of ether oxygens (including phenoxy) is 1. The molecule has 0 aromatic rings. The van der Waals surface area contributed by atoms with Crippen LogP contribution >= 0.6 is 0 Å². The Morgan fingerprint density at radius 2 is 1.32 bits per heavy atom. The van der Waals surface area contributed by atoms with E-state index in [0.29, 0.717) is 0 Å². The van der Waals surface area contributed by atoms with Gasteiger partial charge in [0.2, 0.25) is 0 Å². The molecule has 1 N–H and O–H groups in total. The van der Waals surface area contributed by atoms with Gasteiger partial charge in [-0.1, -0.05) is 97.2 Å². The van der Waals surface area contributed by atoms with Gasteiger partial charge in [-0.3, -0.25) is 0 Å². The van der Waals surface area contributed by atoms with Gasteiger partial charge < -0.3 is 9.84 Å². The number of rotatable bonds is 14. The molecule has 0 heterocycles. The molecule has 0 fully saturated rings. The van der Waals surface area contributed by atoms with E-state index in [0.717, 1.165) is 31.0 Å². The van der Waals surface area contributed by atoms with E-state index in [1.54, 1.807) is 0 Å². The van der Waals surface area contributed by atoms with Gasteiger partial charge in [0, 0.05) is 0 Å². The van der Waals surface area contributed by atoms with E-state index in [4.69, 9.17) is 9.84 Å². The highest BCUT2D eigenvalue weighted by atomic mass is 28.3. The molecule has 4 heteroatoms. The number of carboxylic acid groups (broad SMARTS) is 1. The standard InChI is InChI=1S/C18H38O3Si/c1-5-9-10-11-12-13-14-15-16-17(21-18(19)20)22(6-2,7-3)8-4/h17H,5-16H2,1-4H3,(H,19,20). The third kappa shape index (κ3) is 8.21. The summed E-state index contributed by atoms with van der Waals surface area (Å²) in [5.74, 6) is 0. The van der Waals surface area contributed by atoms with Gasteiger partial charge in [-0.05, 0) is 6.42 Å². The van der Waals surface area contributed by atoms with Crippen molar-refractivity contribution in [2.45, 2.75) is 109 Å². The number of unbranched alkanes of at least 4 members (excludes halogenated alkanes) is 7. The summed E-state index contributed by atoms with van der Waals surface area (Å²) >= 11 is 0. The van der Waals surface area contributed by atoms with Gasteiger partial charge in [-0.15, -0.1) is 0 Å². The first kappa shape index (κ1) is 21.5. The van der Waals surface area contributed by atoms with Crippen LogP contribution in [0.2, 0.25) is 18.1 Å². The van der Waals surface area contributed by atoms with Gasteiger partial charge in [0.15, 0.2) is 0 Å². The molecular weight excluding hydrogens is 292 g/mol. The zero-order valence-corrected chi connectivity index (χ0v) is 16.3. The molecule has 1 unspecified atom stereocenters. The molecule has 0 saturated heterocycles. The maximum atomic E-state index is 11.0. The van der Waals surface area contributed by atoms with Gasteiger partial charge in [0.1, 0.15) is 8.07 Å². The minimum Gasteiger partial charge on any atom is -0.450 e. The quantitative estimate of drug-likeness (QED) is 0.221. The third-order valence-electron chi connectivity index (χ3n) is 5.36. The smallest absolute Gasteiger partial charge is 0.450 e. The molecule has 0 aliphatic rings. The molecule has 132 valence electrons. The summed E-state index contributed by atoms with van der Waals surface area (Å²) in [7, 11) is -1.60. The van der Waals surface area contributed by atoms with Crippen LogP contribution in [0.15, 0.2) is 0 Å². The summed E-state index contributed by atoms with van der Waals surface area (Å²) in [6, 6.07) is 3.36. The summed E-state index contributed by atoms with van der Waals surface area (Å²) in [6.45, 7) is 8.88. The van der Waals surface area contributed by atoms with Crippen LogP contribution in [-0.2, 0) is 4.74 Å². The topological polar surface area (TPSA) is 46.5 Å². The Balaban J connectivity index is 4.18. The van der Waals surface area contributed by atoms with E-state index in [1.165, 1.54) is 44.9 Å². The molecule has 22 heavy (non-hydrogen) atoms. The van der Waals surface area contributed by atoms with Crippen LogP contribution < -0.4 is 0 Å². The monoisotopic (exact) mass is 330 g/mol. The maximum absolute atomic E-state index is 11.0. The molecule has 0 aromatic heterocycles. The molecule has 0 amide bonds. The lowest BCUT2D eigenvalue weighted by atomic mass is 10.1. The van der Waals surface area contributed by atoms with Crippen LogP contribution in [0.25, 0.3) is 0 Å². The van der Waals surface area contributed by atoms with E-state index < -0.39 is 14.2 Å². The highest BCUT2D eigenvalue weighted by Gasteiger charge is 2.38. The first-order chi connectivity index (χ1) is 10.6. The summed E-state index contributed by atoms with van der Waals surface area (Å²) in [4.78, 5) is 11.0. The lowest BCUT2D eigenvalue weighted by Crippen LogP contribution is -2.48. The van der Waals surface area contributed by atoms with Crippen molar-refractivity contribution in [1.29, 1.82) is 0 Å². The molecule has 0 aromatic carbocycles. The molecule has 3 nitrogen and oxygen atoms in total. The summed E-state index contributed by atoms with van der Waals surface area (Å²) in [5, 5.41) is 9.06. The average Bonchev–Trinajstić information content (AvgIpc) is 2.51. The molecule has 0 bridgehead atoms. The van der Waals surface area contributed by atoms with Crippen LogP contribution in [-0.4, -0.2) is 25.1 Å². The van der Waals surface area contributed by atoms with Gasteiger partial charge in [-0.25, -0.2) is 4.79 Å². The van der Waals surface area contributed by atoms with Crippen molar-refractivity contribution in [2.75, 3.05) is 0 Å². The fourth-order valence-electron chi connectivity index (χ4n) is 3.51. The predicted octanol–water partition coefficient (Wildman–Crippen LogP) is 6.63. The first-order valence-corrected chi connectivity index (χ1v) is 12.2. The van der Waals surface area contributed by atoms with E-state index in [9.17, 15) is 4.79 Å². The van der Waals surface area contributed by atoms with Gasteiger partial charge in [0.05, 0.1) is 5.73 Å². The number of hydrogen-bond donors (Lipinski definition) is 1. The van der Waals surface area contributed by atoms with Crippen molar-refractivity contribution >= 4 is 14.2 Å². The molecule has 0 saturated carbocycles. The predicted molar refractivity (Wildman–Crippen MR) is 97.3 cm³/mol. The Kier molecular flexibility index (Phi) is 12.7. The molecular formula is C18H38O3Si. The Morgan fingerprint density at radius 3 is 1.73 bits per heavy atom. The van der Waals surface area contributed by atoms with E-state index in [-0.39, 0.29) is 5.73 Å². The summed E-state index contributed by atoms with van der Waals surface area (Å²) in [5.41, 5.74) is -0.00917. The second-order valence-corrected chi connectivity index (χ2v) is 12.0. The van der Waals surface area contributed by atoms with Crippen molar-refractivity contribution in [2.24, 2.45) is 0 Å². The fraction of sp³-hybridized carbons (Fsp3) is 0.944. The lowest BCUT2D eigenvalue weighted by molar-refractivity contribution is 0.0717. The molecule has 0 radical (unpaired) electrons. The largest absolute Gasteiger partial charge is 0.505 e. The molecule has 0 aliphatic carbocycles. The maximum Gasteiger partial charge on any atom is 0.505 e. The van der Waals surface area contributed by atoms with Crippen LogP contribution in [0.5, 0.6) is 0 Å². The normalized spacial score (nSPS) is 13.1. The Hall–Kier alpha value is -0.513. The average molecular weight is 331 g/mol. The zero-order valence-electron chi connectivity index (χ0n) is 15.3. The summed E-state index contributed by atoms with van der Waals surface area (Å²) in [6.07, 6.45) is 10.1. The van der Waals surface area contributed by atoms with E-state index in [1.807, 2.05) is 0 Å². The van der Waals surface area contributed by atoms with Crippen molar-refractivity contribution in [3.63, 3.8) is 0 Å². The second kappa shape index (κ2) is 13.0. The van der Waals surface area contributed by atoms with Gasteiger partial charge in [0.25, 0.3) is 0 Å². The van der Waals surface area contributed by atoms with Crippen LogP contribution in [0.3, 0.4) is 0 Å². The molecule has 0 rings (SSSR count). The number of hydrogen-bond acceptors (Lipinski definition) is 2.